The van der Waals surface area contributed by atoms with E-state index in [1.54, 1.807) is 12.2 Å². The minimum atomic E-state index is -0.773. The highest BCUT2D eigenvalue weighted by Gasteiger charge is 2.44. The van der Waals surface area contributed by atoms with Crippen LogP contribution in [-0.2, 0) is 14.5 Å². The van der Waals surface area contributed by atoms with Crippen molar-refractivity contribution >= 4 is 0 Å². The largest absolute Gasteiger partial charge is 0.325 e. The average molecular weight is 129 g/mol. The number of hydrogen-bond donors (Lipinski definition) is 1. The first-order valence-electron chi connectivity index (χ1n) is 2.76. The van der Waals surface area contributed by atoms with E-state index in [4.69, 9.17) is 15.4 Å². The van der Waals surface area contributed by atoms with Gasteiger partial charge in [0.15, 0.2) is 0 Å². The fourth-order valence-corrected chi connectivity index (χ4v) is 0.879. The van der Waals surface area contributed by atoms with E-state index in [0.717, 1.165) is 0 Å². The SMILES string of the molecule is NCC12C=CC(OO1)O2. The van der Waals surface area contributed by atoms with Crippen LogP contribution in [-0.4, -0.2) is 18.6 Å². The highest BCUT2D eigenvalue weighted by atomic mass is 17.3. The molecular formula is C5H7NO3. The third-order valence-electron chi connectivity index (χ3n) is 1.39. The Morgan fingerprint density at radius 3 is 2.78 bits per heavy atom. The van der Waals surface area contributed by atoms with Gasteiger partial charge in [-0.1, -0.05) is 0 Å². The lowest BCUT2D eigenvalue weighted by atomic mass is 10.3. The molecule has 0 aromatic heterocycles. The molecule has 2 aliphatic rings. The van der Waals surface area contributed by atoms with Crippen molar-refractivity contribution in [2.24, 2.45) is 5.73 Å². The van der Waals surface area contributed by atoms with Crippen LogP contribution in [0.25, 0.3) is 0 Å². The van der Waals surface area contributed by atoms with Crippen molar-refractivity contribution in [1.82, 2.24) is 0 Å². The number of hydrogen-bond acceptors (Lipinski definition) is 4. The maximum atomic E-state index is 5.32. The Hall–Kier alpha value is -0.420. The molecule has 1 fully saturated rings. The zero-order valence-corrected chi connectivity index (χ0v) is 4.74. The minimum absolute atomic E-state index is 0.292. The molecule has 2 atom stereocenters. The van der Waals surface area contributed by atoms with E-state index in [2.05, 4.69) is 4.89 Å². The summed E-state index contributed by atoms with van der Waals surface area (Å²) >= 11 is 0. The van der Waals surface area contributed by atoms with Crippen LogP contribution in [0.5, 0.6) is 0 Å². The molecule has 4 heteroatoms. The number of fused-ring (bicyclic) bond motifs is 2. The lowest BCUT2D eigenvalue weighted by Crippen LogP contribution is -2.35. The molecule has 2 N–H and O–H groups in total. The first-order chi connectivity index (χ1) is 4.35. The van der Waals surface area contributed by atoms with Crippen molar-refractivity contribution in [2.75, 3.05) is 6.54 Å². The molecule has 1 saturated heterocycles. The lowest BCUT2D eigenvalue weighted by molar-refractivity contribution is -0.315. The quantitative estimate of drug-likeness (QED) is 0.383. The maximum absolute atomic E-state index is 5.32. The number of ether oxygens (including phenoxy) is 1. The Morgan fingerprint density at radius 1 is 1.67 bits per heavy atom. The summed E-state index contributed by atoms with van der Waals surface area (Å²) in [5, 5.41) is 0. The molecule has 2 heterocycles. The summed E-state index contributed by atoms with van der Waals surface area (Å²) in [6.45, 7) is 0.292. The van der Waals surface area contributed by atoms with E-state index in [1.807, 2.05) is 0 Å². The molecule has 0 amide bonds. The fraction of sp³-hybridized carbons (Fsp3) is 0.600. The van der Waals surface area contributed by atoms with E-state index in [0.29, 0.717) is 6.54 Å². The molecule has 2 rings (SSSR count). The van der Waals surface area contributed by atoms with Crippen molar-refractivity contribution in [1.29, 1.82) is 0 Å². The second kappa shape index (κ2) is 1.54. The van der Waals surface area contributed by atoms with Crippen LogP contribution in [0.15, 0.2) is 12.2 Å². The van der Waals surface area contributed by atoms with Gasteiger partial charge in [-0.05, 0) is 12.2 Å². The molecule has 0 radical (unpaired) electrons. The first kappa shape index (κ1) is 5.37. The van der Waals surface area contributed by atoms with Gasteiger partial charge < -0.3 is 10.5 Å². The molecule has 0 aromatic rings. The minimum Gasteiger partial charge on any atom is -0.325 e. The highest BCUT2D eigenvalue weighted by Crippen LogP contribution is 2.31. The summed E-state index contributed by atoms with van der Waals surface area (Å²) in [7, 11) is 0. The van der Waals surface area contributed by atoms with Crippen molar-refractivity contribution in [3.8, 4) is 0 Å². The van der Waals surface area contributed by atoms with Gasteiger partial charge >= 0.3 is 0 Å². The third kappa shape index (κ3) is 0.616. The van der Waals surface area contributed by atoms with Gasteiger partial charge in [0.1, 0.15) is 0 Å². The van der Waals surface area contributed by atoms with E-state index >= 15 is 0 Å². The van der Waals surface area contributed by atoms with Crippen LogP contribution < -0.4 is 5.73 Å². The maximum Gasteiger partial charge on any atom is 0.236 e. The second-order valence-electron chi connectivity index (χ2n) is 2.04. The van der Waals surface area contributed by atoms with Crippen molar-refractivity contribution in [3.63, 3.8) is 0 Å². The monoisotopic (exact) mass is 129 g/mol. The zero-order valence-electron chi connectivity index (χ0n) is 4.74. The average Bonchev–Trinajstić information content (AvgIpc) is 2.46. The van der Waals surface area contributed by atoms with E-state index < -0.39 is 5.79 Å². The molecule has 2 unspecified atom stereocenters. The molecule has 0 saturated carbocycles. The second-order valence-corrected chi connectivity index (χ2v) is 2.04. The summed E-state index contributed by atoms with van der Waals surface area (Å²) < 4.78 is 5.13. The Kier molecular flexibility index (Phi) is 0.921. The van der Waals surface area contributed by atoms with Crippen LogP contribution in [0.3, 0.4) is 0 Å². The predicted octanol–water partition coefficient (Wildman–Crippen LogP) is -0.484. The standard InChI is InChI=1S/C5H7NO3/c6-3-5-2-1-4(7-5)8-9-5/h1-2,4H,3,6H2. The smallest absolute Gasteiger partial charge is 0.236 e. The van der Waals surface area contributed by atoms with Crippen LogP contribution >= 0.6 is 0 Å². The van der Waals surface area contributed by atoms with Crippen LogP contribution in [0.2, 0.25) is 0 Å². The molecule has 0 aromatic carbocycles. The zero-order chi connectivity index (χ0) is 6.32. The van der Waals surface area contributed by atoms with Gasteiger partial charge in [0.25, 0.3) is 0 Å². The molecule has 0 aliphatic carbocycles. The van der Waals surface area contributed by atoms with Gasteiger partial charge in [-0.2, -0.15) is 9.78 Å². The van der Waals surface area contributed by atoms with Gasteiger partial charge in [0.2, 0.25) is 12.1 Å². The van der Waals surface area contributed by atoms with Gasteiger partial charge in [0, 0.05) is 0 Å². The van der Waals surface area contributed by atoms with E-state index in [9.17, 15) is 0 Å². The highest BCUT2D eigenvalue weighted by molar-refractivity contribution is 5.06. The van der Waals surface area contributed by atoms with E-state index in [1.165, 1.54) is 0 Å². The topological polar surface area (TPSA) is 53.7 Å². The summed E-state index contributed by atoms with van der Waals surface area (Å²) in [6.07, 6.45) is 3.20. The van der Waals surface area contributed by atoms with Gasteiger partial charge in [-0.15, -0.1) is 0 Å². The van der Waals surface area contributed by atoms with Crippen molar-refractivity contribution in [3.05, 3.63) is 12.2 Å². The molecule has 4 nitrogen and oxygen atoms in total. The molecule has 2 aliphatic heterocycles. The van der Waals surface area contributed by atoms with E-state index in [-0.39, 0.29) is 6.29 Å². The number of rotatable bonds is 1. The van der Waals surface area contributed by atoms with Crippen molar-refractivity contribution < 1.29 is 14.5 Å². The first-order valence-corrected chi connectivity index (χ1v) is 2.76. The Balaban J connectivity index is 2.23. The third-order valence-corrected chi connectivity index (χ3v) is 1.39. The summed E-state index contributed by atoms with van der Waals surface area (Å²) in [4.78, 5) is 9.41. The van der Waals surface area contributed by atoms with Crippen LogP contribution in [0.1, 0.15) is 0 Å². The fourth-order valence-electron chi connectivity index (χ4n) is 0.879. The summed E-state index contributed by atoms with van der Waals surface area (Å²) in [5.74, 6) is -0.773. The summed E-state index contributed by atoms with van der Waals surface area (Å²) in [6, 6.07) is 0. The van der Waals surface area contributed by atoms with Gasteiger partial charge in [-0.25, -0.2) is 0 Å². The Morgan fingerprint density at radius 2 is 2.56 bits per heavy atom. The lowest BCUT2D eigenvalue weighted by Gasteiger charge is -2.14. The normalized spacial score (nSPS) is 46.6. The molecule has 50 valence electrons. The Bertz CT molecular complexity index is 158. The molecule has 0 spiro atoms. The molecular weight excluding hydrogens is 122 g/mol. The Labute approximate surface area is 52.1 Å². The van der Waals surface area contributed by atoms with Crippen LogP contribution in [0, 0.1) is 0 Å². The predicted molar refractivity (Wildman–Crippen MR) is 28.0 cm³/mol. The van der Waals surface area contributed by atoms with Gasteiger partial charge in [-0.3, -0.25) is 0 Å². The van der Waals surface area contributed by atoms with Gasteiger partial charge in [0.05, 0.1) is 6.54 Å². The molecule has 9 heavy (non-hydrogen) atoms. The summed E-state index contributed by atoms with van der Waals surface area (Å²) in [5.41, 5.74) is 5.32. The van der Waals surface area contributed by atoms with Crippen molar-refractivity contribution in [2.45, 2.75) is 12.1 Å². The molecule has 2 bridgehead atoms. The van der Waals surface area contributed by atoms with Crippen LogP contribution in [0.4, 0.5) is 0 Å². The number of nitrogens with two attached hydrogens (primary N) is 1.